The molecule has 1 N–H and O–H groups in total. The van der Waals surface area contributed by atoms with E-state index in [0.29, 0.717) is 17.9 Å². The van der Waals surface area contributed by atoms with Crippen molar-refractivity contribution in [2.75, 3.05) is 13.1 Å². The van der Waals surface area contributed by atoms with Gasteiger partial charge in [-0.3, -0.25) is 9.59 Å². The molecule has 2 aromatic rings. The molecule has 3 rings (SSSR count). The van der Waals surface area contributed by atoms with Gasteiger partial charge in [0.15, 0.2) is 5.69 Å². The lowest BCUT2D eigenvalue weighted by Crippen LogP contribution is -2.33. The van der Waals surface area contributed by atoms with Gasteiger partial charge in [-0.25, -0.2) is 9.07 Å². The molecule has 6 nitrogen and oxygen atoms in total. The molecule has 0 saturated heterocycles. The molecule has 0 radical (unpaired) electrons. The zero-order chi connectivity index (χ0) is 18.8. The number of fused-ring (bicyclic) bond motifs is 1. The molecule has 0 fully saturated rings. The Balaban J connectivity index is 1.99. The number of nitrogens with zero attached hydrogens (tertiary/aromatic N) is 3. The second-order valence-corrected chi connectivity index (χ2v) is 6.52. The molecular formula is C19H22FN3O3. The highest BCUT2D eigenvalue weighted by atomic mass is 19.1. The first kappa shape index (κ1) is 18.1. The van der Waals surface area contributed by atoms with Gasteiger partial charge in [-0.1, -0.05) is 6.07 Å². The number of aliphatic carboxylic acids is 1. The molecule has 7 heteroatoms. The molecule has 1 aliphatic carbocycles. The van der Waals surface area contributed by atoms with Gasteiger partial charge in [0.1, 0.15) is 11.5 Å². The van der Waals surface area contributed by atoms with Crippen LogP contribution in [0.3, 0.4) is 0 Å². The number of aromatic nitrogens is 2. The molecule has 1 heterocycles. The average molecular weight is 359 g/mol. The Labute approximate surface area is 151 Å². The highest BCUT2D eigenvalue weighted by molar-refractivity contribution is 5.94. The van der Waals surface area contributed by atoms with Crippen LogP contribution in [0.1, 0.15) is 47.1 Å². The number of hydrogen-bond acceptors (Lipinski definition) is 3. The summed E-state index contributed by atoms with van der Waals surface area (Å²) in [7, 11) is 0. The minimum absolute atomic E-state index is 0.116. The van der Waals surface area contributed by atoms with Gasteiger partial charge >= 0.3 is 5.97 Å². The Hall–Kier alpha value is -2.70. The molecule has 0 spiro atoms. The van der Waals surface area contributed by atoms with Gasteiger partial charge in [-0.2, -0.15) is 5.10 Å². The maximum atomic E-state index is 14.4. The lowest BCUT2D eigenvalue weighted by molar-refractivity contribution is -0.137. The van der Waals surface area contributed by atoms with Crippen molar-refractivity contribution in [1.82, 2.24) is 14.7 Å². The van der Waals surface area contributed by atoms with E-state index in [2.05, 4.69) is 5.10 Å². The van der Waals surface area contributed by atoms with Crippen molar-refractivity contribution >= 4 is 11.9 Å². The summed E-state index contributed by atoms with van der Waals surface area (Å²) in [4.78, 5) is 25.2. The van der Waals surface area contributed by atoms with E-state index in [1.165, 1.54) is 15.6 Å². The van der Waals surface area contributed by atoms with E-state index in [9.17, 15) is 14.0 Å². The number of carboxylic acid groups (broad SMARTS) is 1. The normalized spacial score (nSPS) is 12.9. The first-order valence-electron chi connectivity index (χ1n) is 8.80. The first-order valence-corrected chi connectivity index (χ1v) is 8.80. The minimum Gasteiger partial charge on any atom is -0.481 e. The number of rotatable bonds is 6. The monoisotopic (exact) mass is 359 g/mol. The van der Waals surface area contributed by atoms with Crippen LogP contribution in [0.25, 0.3) is 5.69 Å². The highest BCUT2D eigenvalue weighted by Crippen LogP contribution is 2.29. The molecule has 1 amide bonds. The minimum atomic E-state index is -0.950. The number of aryl methyl sites for hydroxylation is 1. The Kier molecular flexibility index (Phi) is 5.06. The molecule has 1 aromatic carbocycles. The second-order valence-electron chi connectivity index (χ2n) is 6.52. The topological polar surface area (TPSA) is 75.4 Å². The number of benzene rings is 1. The molecule has 0 unspecified atom stereocenters. The molecule has 0 bridgehead atoms. The van der Waals surface area contributed by atoms with E-state index in [4.69, 9.17) is 5.11 Å². The Morgan fingerprint density at radius 3 is 2.77 bits per heavy atom. The maximum absolute atomic E-state index is 14.4. The van der Waals surface area contributed by atoms with Crippen LogP contribution in [0, 0.1) is 12.7 Å². The lowest BCUT2D eigenvalue weighted by atomic mass is 10.1. The van der Waals surface area contributed by atoms with E-state index in [1.54, 1.807) is 13.0 Å². The van der Waals surface area contributed by atoms with Crippen molar-refractivity contribution in [2.24, 2.45) is 0 Å². The third-order valence-corrected chi connectivity index (χ3v) is 4.73. The van der Waals surface area contributed by atoms with Crippen LogP contribution >= 0.6 is 0 Å². The third kappa shape index (κ3) is 3.34. The van der Waals surface area contributed by atoms with Crippen LogP contribution in [0.5, 0.6) is 0 Å². The highest BCUT2D eigenvalue weighted by Gasteiger charge is 2.30. The number of carbonyl (C=O) groups excluding carboxylic acids is 1. The smallest absolute Gasteiger partial charge is 0.305 e. The van der Waals surface area contributed by atoms with E-state index >= 15 is 0 Å². The fraction of sp³-hybridized carbons (Fsp3) is 0.421. The molecule has 138 valence electrons. The summed E-state index contributed by atoms with van der Waals surface area (Å²) in [5.41, 5.74) is 3.18. The zero-order valence-corrected chi connectivity index (χ0v) is 15.0. The van der Waals surface area contributed by atoms with E-state index in [0.717, 1.165) is 36.1 Å². The van der Waals surface area contributed by atoms with Crippen LogP contribution in [-0.2, 0) is 17.6 Å². The summed E-state index contributed by atoms with van der Waals surface area (Å²) >= 11 is 0. The standard InChI is InChI=1S/C19H22FN3O3/c1-3-22(10-9-17(24)25)19(26)18-13-5-4-6-15(13)23(21-18)16-8-7-12(2)11-14(16)20/h7-8,11H,3-6,9-10H2,1-2H3,(H,24,25). The van der Waals surface area contributed by atoms with Gasteiger partial charge in [0.2, 0.25) is 0 Å². The summed E-state index contributed by atoms with van der Waals surface area (Å²) in [6.45, 7) is 4.14. The fourth-order valence-electron chi connectivity index (χ4n) is 3.38. The molecule has 0 atom stereocenters. The van der Waals surface area contributed by atoms with E-state index in [1.807, 2.05) is 13.0 Å². The van der Waals surface area contributed by atoms with Crippen molar-refractivity contribution in [3.05, 3.63) is 46.5 Å². The summed E-state index contributed by atoms with van der Waals surface area (Å²) < 4.78 is 16.0. The van der Waals surface area contributed by atoms with E-state index < -0.39 is 5.97 Å². The van der Waals surface area contributed by atoms with Crippen LogP contribution in [0.2, 0.25) is 0 Å². The summed E-state index contributed by atoms with van der Waals surface area (Å²) in [5.74, 6) is -1.62. The van der Waals surface area contributed by atoms with Gasteiger partial charge in [-0.05, 0) is 50.8 Å². The predicted octanol–water partition coefficient (Wildman–Crippen LogP) is 2.75. The average Bonchev–Trinajstić information content (AvgIpc) is 3.18. The lowest BCUT2D eigenvalue weighted by Gasteiger charge is -2.19. The number of amides is 1. The summed E-state index contributed by atoms with van der Waals surface area (Å²) in [5, 5.41) is 13.3. The summed E-state index contributed by atoms with van der Waals surface area (Å²) in [6, 6.07) is 4.94. The SMILES string of the molecule is CCN(CCC(=O)O)C(=O)c1nn(-c2ccc(C)cc2F)c2c1CCC2. The maximum Gasteiger partial charge on any atom is 0.305 e. The third-order valence-electron chi connectivity index (χ3n) is 4.73. The van der Waals surface area contributed by atoms with Crippen molar-refractivity contribution < 1.29 is 19.1 Å². The molecule has 0 saturated carbocycles. The Bertz CT molecular complexity index is 860. The molecular weight excluding hydrogens is 337 g/mol. The number of hydrogen-bond donors (Lipinski definition) is 1. The second kappa shape index (κ2) is 7.27. The predicted molar refractivity (Wildman–Crippen MR) is 94.1 cm³/mol. The zero-order valence-electron chi connectivity index (χ0n) is 15.0. The number of carbonyl (C=O) groups is 2. The quantitative estimate of drug-likeness (QED) is 0.860. The Morgan fingerprint density at radius 1 is 1.35 bits per heavy atom. The van der Waals surface area contributed by atoms with Crippen LogP contribution in [0.4, 0.5) is 4.39 Å². The Morgan fingerprint density at radius 2 is 2.12 bits per heavy atom. The first-order chi connectivity index (χ1) is 12.4. The largest absolute Gasteiger partial charge is 0.481 e. The van der Waals surface area contributed by atoms with Crippen LogP contribution in [-0.4, -0.2) is 44.8 Å². The fourth-order valence-corrected chi connectivity index (χ4v) is 3.38. The van der Waals surface area contributed by atoms with Crippen molar-refractivity contribution in [2.45, 2.75) is 39.5 Å². The number of halogens is 1. The van der Waals surface area contributed by atoms with Gasteiger partial charge in [0.25, 0.3) is 5.91 Å². The van der Waals surface area contributed by atoms with Gasteiger partial charge in [0, 0.05) is 24.3 Å². The summed E-state index contributed by atoms with van der Waals surface area (Å²) in [6.07, 6.45) is 2.24. The van der Waals surface area contributed by atoms with Gasteiger partial charge in [0.05, 0.1) is 6.42 Å². The van der Waals surface area contributed by atoms with Gasteiger partial charge < -0.3 is 10.0 Å². The molecule has 1 aliphatic rings. The molecule has 0 aliphatic heterocycles. The van der Waals surface area contributed by atoms with Crippen molar-refractivity contribution in [3.8, 4) is 5.69 Å². The van der Waals surface area contributed by atoms with Gasteiger partial charge in [-0.15, -0.1) is 0 Å². The van der Waals surface area contributed by atoms with Crippen molar-refractivity contribution in [3.63, 3.8) is 0 Å². The molecule has 1 aromatic heterocycles. The van der Waals surface area contributed by atoms with Crippen LogP contribution < -0.4 is 0 Å². The number of carboxylic acids is 1. The van der Waals surface area contributed by atoms with E-state index in [-0.39, 0.29) is 24.7 Å². The van der Waals surface area contributed by atoms with Crippen molar-refractivity contribution in [1.29, 1.82) is 0 Å². The van der Waals surface area contributed by atoms with Crippen LogP contribution in [0.15, 0.2) is 18.2 Å². The molecule has 26 heavy (non-hydrogen) atoms.